The molecule has 0 bridgehead atoms. The van der Waals surface area contributed by atoms with Gasteiger partial charge in [0.15, 0.2) is 5.03 Å². The van der Waals surface area contributed by atoms with E-state index in [1.165, 1.54) is 24.1 Å². The Labute approximate surface area is 212 Å². The average molecular weight is 530 g/mol. The van der Waals surface area contributed by atoms with Crippen molar-refractivity contribution in [3.05, 3.63) is 64.9 Å². The van der Waals surface area contributed by atoms with Crippen LogP contribution in [0.15, 0.2) is 53.2 Å². The summed E-state index contributed by atoms with van der Waals surface area (Å²) in [6, 6.07) is 7.33. The van der Waals surface area contributed by atoms with Crippen LogP contribution in [-0.4, -0.2) is 36.3 Å². The summed E-state index contributed by atoms with van der Waals surface area (Å²) in [6.45, 7) is 1.91. The maximum Gasteiger partial charge on any atom is 0.333 e. The van der Waals surface area contributed by atoms with Crippen LogP contribution in [0.4, 0.5) is 19.3 Å². The van der Waals surface area contributed by atoms with E-state index in [0.717, 1.165) is 36.0 Å². The van der Waals surface area contributed by atoms with Crippen LogP contribution in [0.5, 0.6) is 5.88 Å². The molecule has 194 valence electrons. The topological polar surface area (TPSA) is 115 Å². The lowest BCUT2D eigenvalue weighted by atomic mass is 9.87. The Bertz CT molecular complexity index is 1520. The van der Waals surface area contributed by atoms with E-state index in [-0.39, 0.29) is 29.5 Å². The first kappa shape index (κ1) is 24.9. The Balaban J connectivity index is 1.40. The quantitative estimate of drug-likeness (QED) is 0.476. The predicted molar refractivity (Wildman–Crippen MR) is 132 cm³/mol. The number of hydrogen-bond acceptors (Lipinski definition) is 6. The van der Waals surface area contributed by atoms with Gasteiger partial charge in [-0.1, -0.05) is 12.1 Å². The second-order valence-corrected chi connectivity index (χ2v) is 10.7. The van der Waals surface area contributed by atoms with E-state index in [2.05, 4.69) is 21.5 Å². The number of fused-ring (bicyclic) bond motifs is 1. The van der Waals surface area contributed by atoms with E-state index in [9.17, 15) is 22.0 Å². The van der Waals surface area contributed by atoms with Crippen LogP contribution in [-0.2, 0) is 22.9 Å². The first-order chi connectivity index (χ1) is 17.7. The molecule has 9 nitrogen and oxygen atoms in total. The molecule has 0 radical (unpaired) electrons. The highest BCUT2D eigenvalue weighted by Gasteiger charge is 2.31. The summed E-state index contributed by atoms with van der Waals surface area (Å²) in [4.78, 5) is 17.5. The molecule has 0 unspecified atom stereocenters. The molecule has 5 rings (SSSR count). The molecule has 0 aliphatic heterocycles. The second kappa shape index (κ2) is 9.58. The lowest BCUT2D eigenvalue weighted by Gasteiger charge is -2.28. The average Bonchev–Trinajstić information content (AvgIpc) is 3.48. The van der Waals surface area contributed by atoms with E-state index in [1.807, 2.05) is 11.6 Å². The predicted octanol–water partition coefficient (Wildman–Crippen LogP) is 4.75. The summed E-state index contributed by atoms with van der Waals surface area (Å²) in [6.07, 6.45) is 2.42. The number of hydrogen-bond donors (Lipinski definition) is 2. The number of amides is 2. The number of aryl methyl sites for hydroxylation is 2. The van der Waals surface area contributed by atoms with Crippen LogP contribution in [0.1, 0.15) is 42.0 Å². The van der Waals surface area contributed by atoms with Crippen molar-refractivity contribution in [3.8, 4) is 17.1 Å². The smallest absolute Gasteiger partial charge is 0.333 e. The van der Waals surface area contributed by atoms with Gasteiger partial charge in [-0.05, 0) is 73.4 Å². The van der Waals surface area contributed by atoms with Crippen LogP contribution < -0.4 is 14.8 Å². The number of carbonyl (C=O) groups is 1. The highest BCUT2D eigenvalue weighted by molar-refractivity contribution is 7.90. The first-order valence-electron chi connectivity index (χ1n) is 11.7. The van der Waals surface area contributed by atoms with Crippen LogP contribution >= 0.6 is 0 Å². The Morgan fingerprint density at radius 3 is 2.70 bits per heavy atom. The molecule has 0 saturated heterocycles. The number of aromatic nitrogens is 3. The van der Waals surface area contributed by atoms with Crippen LogP contribution in [0, 0.1) is 6.92 Å². The molecule has 2 N–H and O–H groups in total. The summed E-state index contributed by atoms with van der Waals surface area (Å²) in [5, 5.41) is 6.39. The van der Waals surface area contributed by atoms with Gasteiger partial charge in [0.05, 0.1) is 24.5 Å². The third kappa shape index (κ3) is 4.80. The zero-order valence-corrected chi connectivity index (χ0v) is 21.0. The molecule has 2 aliphatic carbocycles. The van der Waals surface area contributed by atoms with Gasteiger partial charge in [-0.15, -0.1) is 0 Å². The summed E-state index contributed by atoms with van der Waals surface area (Å²) >= 11 is 0. The van der Waals surface area contributed by atoms with E-state index in [4.69, 9.17) is 4.74 Å². The molecule has 2 aliphatic rings. The van der Waals surface area contributed by atoms with E-state index < -0.39 is 22.1 Å². The lowest BCUT2D eigenvalue weighted by molar-refractivity contribution is 0.256. The molecule has 2 amide bonds. The minimum Gasteiger partial charge on any atom is -0.481 e. The Morgan fingerprint density at radius 2 is 1.97 bits per heavy atom. The van der Waals surface area contributed by atoms with Crippen LogP contribution in [0.2, 0.25) is 0 Å². The molecule has 0 spiro atoms. The number of ether oxygens (including phenoxy) is 1. The number of sulfonamides is 1. The van der Waals surface area contributed by atoms with E-state index >= 15 is 0 Å². The fraction of sp³-hybridized carbons (Fsp3) is 0.320. The van der Waals surface area contributed by atoms with Gasteiger partial charge in [0.1, 0.15) is 0 Å². The minimum atomic E-state index is -4.31. The maximum atomic E-state index is 13.0. The van der Waals surface area contributed by atoms with Gasteiger partial charge >= 0.3 is 6.03 Å². The normalized spacial score (nSPS) is 16.6. The largest absolute Gasteiger partial charge is 0.481 e. The van der Waals surface area contributed by atoms with Gasteiger partial charge < -0.3 is 10.1 Å². The van der Waals surface area contributed by atoms with E-state index in [0.29, 0.717) is 22.8 Å². The van der Waals surface area contributed by atoms with Gasteiger partial charge in [-0.3, -0.25) is 4.68 Å². The minimum absolute atomic E-state index is 0.0365. The number of urea groups is 1. The van der Waals surface area contributed by atoms with Crippen molar-refractivity contribution in [1.29, 1.82) is 0 Å². The molecule has 12 heteroatoms. The zero-order valence-electron chi connectivity index (χ0n) is 20.2. The number of carbonyl (C=O) groups excluding carboxylic acids is 1. The van der Waals surface area contributed by atoms with Crippen molar-refractivity contribution < 1.29 is 26.7 Å². The van der Waals surface area contributed by atoms with Crippen LogP contribution in [0.3, 0.4) is 0 Å². The Kier molecular flexibility index (Phi) is 6.44. The zero-order chi connectivity index (χ0) is 26.3. The SMILES string of the molecule is COc1cccc(-c2c(C)cc3c(c2NC(=O)NS(=O)(=O)c2ccn(C4CC(=C(F)F)C4)n2)CCC3)n1. The maximum absolute atomic E-state index is 13.0. The van der Waals surface area contributed by atoms with Crippen molar-refractivity contribution in [2.75, 3.05) is 12.4 Å². The third-order valence-corrected chi connectivity index (χ3v) is 7.94. The Morgan fingerprint density at radius 1 is 1.19 bits per heavy atom. The standard InChI is InChI=1S/C25H25F2N5O4S/c1-14-11-15-5-3-6-18(15)23(22(14)19-7-4-8-20(28-19)36-2)29-25(33)31-37(34,35)21-9-10-32(30-21)17-12-16(13-17)24(26)27/h4,7-11,17H,3,5-6,12-13H2,1-2H3,(H2,29,31,33). The Hall–Kier alpha value is -3.80. The third-order valence-electron chi connectivity index (χ3n) is 6.72. The number of nitrogens with one attached hydrogen (secondary N) is 2. The van der Waals surface area contributed by atoms with Crippen molar-refractivity contribution in [2.24, 2.45) is 0 Å². The summed E-state index contributed by atoms with van der Waals surface area (Å²) in [7, 11) is -2.79. The number of anilines is 1. The van der Waals surface area contributed by atoms with Crippen molar-refractivity contribution in [3.63, 3.8) is 0 Å². The van der Waals surface area contributed by atoms with Crippen molar-refractivity contribution in [1.82, 2.24) is 19.5 Å². The number of methoxy groups -OCH3 is 1. The van der Waals surface area contributed by atoms with Gasteiger partial charge in [0.2, 0.25) is 5.88 Å². The molecule has 2 heterocycles. The van der Waals surface area contributed by atoms with Crippen molar-refractivity contribution in [2.45, 2.75) is 50.1 Å². The van der Waals surface area contributed by atoms with Gasteiger partial charge in [-0.2, -0.15) is 22.3 Å². The number of halogens is 2. The molecule has 1 saturated carbocycles. The number of benzene rings is 1. The number of pyridine rings is 1. The highest BCUT2D eigenvalue weighted by atomic mass is 32.2. The van der Waals surface area contributed by atoms with E-state index in [1.54, 1.807) is 18.2 Å². The van der Waals surface area contributed by atoms with Crippen LogP contribution in [0.25, 0.3) is 11.3 Å². The second-order valence-electron chi connectivity index (χ2n) is 9.12. The molecular weight excluding hydrogens is 504 g/mol. The summed E-state index contributed by atoms with van der Waals surface area (Å²) in [5.41, 5.74) is 4.74. The molecule has 0 atom stereocenters. The fourth-order valence-electron chi connectivity index (χ4n) is 4.86. The lowest BCUT2D eigenvalue weighted by Crippen LogP contribution is -2.35. The number of nitrogens with zero attached hydrogens (tertiary/aromatic N) is 3. The summed E-state index contributed by atoms with van der Waals surface area (Å²) in [5.74, 6) is 0.411. The molecule has 2 aromatic heterocycles. The summed E-state index contributed by atoms with van der Waals surface area (Å²) < 4.78 is 59.7. The molecular formula is C25H25F2N5O4S. The van der Waals surface area contributed by atoms with Gasteiger partial charge in [0.25, 0.3) is 16.1 Å². The fourth-order valence-corrected chi connectivity index (χ4v) is 5.70. The number of allylic oxidation sites excluding steroid dienone is 1. The molecule has 3 aromatic rings. The van der Waals surface area contributed by atoms with Crippen molar-refractivity contribution >= 4 is 21.7 Å². The molecule has 1 fully saturated rings. The molecule has 37 heavy (non-hydrogen) atoms. The van der Waals surface area contributed by atoms with Gasteiger partial charge in [-0.25, -0.2) is 14.5 Å². The van der Waals surface area contributed by atoms with Gasteiger partial charge in [0, 0.05) is 17.8 Å². The monoisotopic (exact) mass is 529 g/mol. The molecule has 1 aromatic carbocycles. The number of rotatable bonds is 6. The first-order valence-corrected chi connectivity index (χ1v) is 13.2. The highest BCUT2D eigenvalue weighted by Crippen LogP contribution is 2.41.